The topological polar surface area (TPSA) is 107 Å². The standard InChI is InChI=1S/C44H47BF6N10O2/c1-27-22-28(2)53-37(27)24-33-11-10-32(61(33)45(50)51)12-13-39(62)60-20-18-59(19-21-60)31-14-16-58(17-15-31)26-29-8-9-30(23-35(29)44(47,48)49)54-43-52-25-38-41(55-43)57(4)40-34(42(63)56(38)3)6-5-7-36(40)46/h5-11,22-25,31H,12-21,26H2,1-4H3,(H,52,54,55)/p+1. The molecule has 8 rings (SSSR count). The number of carbonyl (C=O) groups excluding carboxylic acids is 2. The van der Waals surface area contributed by atoms with E-state index in [1.807, 2.05) is 24.8 Å². The lowest BCUT2D eigenvalue weighted by Crippen LogP contribution is -2.54. The van der Waals surface area contributed by atoms with E-state index in [1.165, 1.54) is 47.3 Å². The molecular formula is C44H48BF6N10O2+. The summed E-state index contributed by atoms with van der Waals surface area (Å²) in [7, 11) is 0.321. The van der Waals surface area contributed by atoms with Gasteiger partial charge in [-0.2, -0.15) is 18.2 Å². The van der Waals surface area contributed by atoms with Crippen molar-refractivity contribution in [2.45, 2.75) is 58.3 Å². The molecule has 0 spiro atoms. The fourth-order valence-corrected chi connectivity index (χ4v) is 9.05. The van der Waals surface area contributed by atoms with Gasteiger partial charge in [0, 0.05) is 101 Å². The van der Waals surface area contributed by atoms with Crippen LogP contribution in [0.25, 0.3) is 6.08 Å². The molecule has 330 valence electrons. The monoisotopic (exact) mass is 873 g/mol. The summed E-state index contributed by atoms with van der Waals surface area (Å²) in [6, 6.07) is 10.4. The zero-order chi connectivity index (χ0) is 44.7. The molecule has 19 heteroatoms. The molecule has 6 heterocycles. The van der Waals surface area contributed by atoms with Crippen molar-refractivity contribution >= 4 is 59.8 Å². The van der Waals surface area contributed by atoms with Crippen LogP contribution in [0.2, 0.25) is 0 Å². The number of aromatic nitrogens is 3. The van der Waals surface area contributed by atoms with E-state index in [1.54, 1.807) is 36.2 Å². The minimum Gasteiger partial charge on any atom is -0.359 e. The average Bonchev–Trinajstić information content (AvgIpc) is 3.80. The average molecular weight is 874 g/mol. The number of nitrogens with one attached hydrogen (secondary N) is 2. The number of alkyl halides is 3. The number of piperazine rings is 1. The number of nitrogens with zero attached hydrogens (tertiary/aromatic N) is 8. The predicted octanol–water partition coefficient (Wildman–Crippen LogP) is 7.56. The molecule has 2 saturated heterocycles. The van der Waals surface area contributed by atoms with E-state index in [-0.39, 0.29) is 65.6 Å². The van der Waals surface area contributed by atoms with E-state index in [0.717, 1.165) is 40.3 Å². The number of likely N-dealkylation sites (tertiary alicyclic amines) is 1. The summed E-state index contributed by atoms with van der Waals surface area (Å²) in [6.45, 7) is 7.49. The number of hydrogen-bond donors (Lipinski definition) is 2. The van der Waals surface area contributed by atoms with Crippen molar-refractivity contribution in [1.82, 2.24) is 29.7 Å². The molecule has 4 aliphatic rings. The number of amides is 2. The maximum atomic E-state index is 15.0. The van der Waals surface area contributed by atoms with Crippen molar-refractivity contribution in [2.75, 3.05) is 68.5 Å². The van der Waals surface area contributed by atoms with E-state index in [2.05, 4.69) is 25.2 Å². The first-order valence-electron chi connectivity index (χ1n) is 20.9. The van der Waals surface area contributed by atoms with E-state index in [4.69, 9.17) is 0 Å². The van der Waals surface area contributed by atoms with E-state index in [9.17, 15) is 35.8 Å². The molecule has 0 atom stereocenters. The molecule has 12 nitrogen and oxygen atoms in total. The van der Waals surface area contributed by atoms with Gasteiger partial charge in [0.25, 0.3) is 5.91 Å². The molecular weight excluding hydrogens is 825 g/mol. The maximum Gasteiger partial charge on any atom is 0.934 e. The summed E-state index contributed by atoms with van der Waals surface area (Å²) < 4.78 is 87.9. The van der Waals surface area contributed by atoms with E-state index in [0.29, 0.717) is 56.4 Å². The first-order chi connectivity index (χ1) is 30.0. The van der Waals surface area contributed by atoms with Gasteiger partial charge in [0.15, 0.2) is 17.2 Å². The second kappa shape index (κ2) is 17.7. The van der Waals surface area contributed by atoms with E-state index >= 15 is 0 Å². The number of halogens is 6. The summed E-state index contributed by atoms with van der Waals surface area (Å²) in [5, 5.41) is 2.87. The molecule has 0 radical (unpaired) electrons. The molecule has 2 fully saturated rings. The number of H-pyrrole nitrogens is 1. The number of para-hydroxylation sites is 1. The predicted molar refractivity (Wildman–Crippen MR) is 230 cm³/mol. The number of rotatable bonds is 10. The lowest BCUT2D eigenvalue weighted by atomic mass is 10.00. The Labute approximate surface area is 361 Å². The van der Waals surface area contributed by atoms with Crippen LogP contribution in [0, 0.1) is 19.7 Å². The summed E-state index contributed by atoms with van der Waals surface area (Å²) in [6.07, 6.45) is 3.56. The van der Waals surface area contributed by atoms with E-state index < -0.39 is 30.9 Å². The van der Waals surface area contributed by atoms with Gasteiger partial charge in [0.2, 0.25) is 11.9 Å². The number of aryl methyl sites for hydroxylation is 2. The Hall–Kier alpha value is -5.95. The lowest BCUT2D eigenvalue weighted by Gasteiger charge is -2.43. The maximum absolute atomic E-state index is 15.0. The molecule has 0 unspecified atom stereocenters. The van der Waals surface area contributed by atoms with Crippen LogP contribution in [0.3, 0.4) is 0 Å². The number of anilines is 5. The fourth-order valence-electron chi connectivity index (χ4n) is 9.05. The summed E-state index contributed by atoms with van der Waals surface area (Å²) >= 11 is 0. The Morgan fingerprint density at radius 3 is 2.43 bits per heavy atom. The largest absolute Gasteiger partial charge is 0.934 e. The molecule has 2 N–H and O–H groups in total. The number of piperidine rings is 1. The normalized spacial score (nSPS) is 18.3. The van der Waals surface area contributed by atoms with Crippen molar-refractivity contribution < 1.29 is 40.3 Å². The third-order valence-electron chi connectivity index (χ3n) is 12.4. The molecule has 63 heavy (non-hydrogen) atoms. The van der Waals surface area contributed by atoms with Crippen molar-refractivity contribution in [3.8, 4) is 0 Å². The molecule has 2 aromatic heterocycles. The van der Waals surface area contributed by atoms with Gasteiger partial charge in [-0.1, -0.05) is 12.1 Å². The van der Waals surface area contributed by atoms with Gasteiger partial charge < -0.3 is 25.0 Å². The lowest BCUT2D eigenvalue weighted by molar-refractivity contribution is -0.342. The van der Waals surface area contributed by atoms with Crippen LogP contribution in [-0.2, 0) is 17.5 Å². The Kier molecular flexibility index (Phi) is 12.3. The summed E-state index contributed by atoms with van der Waals surface area (Å²) in [5.74, 6) is -1.01. The van der Waals surface area contributed by atoms with Gasteiger partial charge in [-0.25, -0.2) is 22.5 Å². The quantitative estimate of drug-likeness (QED) is 0.124. The molecule has 0 saturated carbocycles. The van der Waals surface area contributed by atoms with Gasteiger partial charge in [0.1, 0.15) is 11.5 Å². The van der Waals surface area contributed by atoms with Crippen molar-refractivity contribution in [1.29, 1.82) is 0 Å². The number of hydrogen-bond acceptors (Lipinski definition) is 8. The number of benzene rings is 2. The highest BCUT2D eigenvalue weighted by atomic mass is 19.4. The van der Waals surface area contributed by atoms with Gasteiger partial charge in [-0.15, -0.1) is 0 Å². The van der Waals surface area contributed by atoms with Crippen LogP contribution in [0.1, 0.15) is 64.1 Å². The molecule has 4 aromatic rings. The minimum atomic E-state index is -4.64. The zero-order valence-electron chi connectivity index (χ0n) is 35.4. The Bertz CT molecular complexity index is 2510. The van der Waals surface area contributed by atoms with Gasteiger partial charge in [0.05, 0.1) is 23.0 Å². The first-order valence-corrected chi connectivity index (χ1v) is 20.9. The van der Waals surface area contributed by atoms with Crippen molar-refractivity contribution in [3.05, 3.63) is 106 Å². The molecule has 0 aliphatic carbocycles. The summed E-state index contributed by atoms with van der Waals surface area (Å²) in [5.41, 5.74) is 3.34. The fraction of sp³-hybridized carbons (Fsp3) is 0.386. The van der Waals surface area contributed by atoms with Crippen LogP contribution in [0.4, 0.5) is 55.0 Å². The van der Waals surface area contributed by atoms with Crippen LogP contribution in [-0.4, -0.2) is 118 Å². The highest BCUT2D eigenvalue weighted by molar-refractivity contribution is 6.35. The van der Waals surface area contributed by atoms with Gasteiger partial charge >= 0.3 is 13.6 Å². The van der Waals surface area contributed by atoms with Crippen LogP contribution < -0.4 is 15.1 Å². The highest BCUT2D eigenvalue weighted by Gasteiger charge is 2.42. The Morgan fingerprint density at radius 2 is 1.75 bits per heavy atom. The number of carbonyl (C=O) groups is 2. The van der Waals surface area contributed by atoms with Crippen molar-refractivity contribution in [2.24, 2.45) is 0 Å². The molecule has 2 amide bonds. The number of fused-ring (bicyclic) bond motifs is 2. The van der Waals surface area contributed by atoms with Gasteiger partial charge in [-0.3, -0.25) is 19.4 Å². The third-order valence-corrected chi connectivity index (χ3v) is 12.4. The number of aromatic amines is 1. The Balaban J connectivity index is 0.845. The molecule has 0 bridgehead atoms. The SMILES string of the molecule is Cc1cc(C)c(/C=C2/C=CC(CCC(=O)N3CCN(C4CCN(Cc5ccc(Nc6ncc7c(n6)N(C)c6c(F)cccc6C(=O)N7C)cc5C(F)(F)F)CC4)CC3)=[N+]2B(F)F)[nH]1. The van der Waals surface area contributed by atoms with Crippen LogP contribution >= 0.6 is 0 Å². The second-order valence-electron chi connectivity index (χ2n) is 16.5. The third kappa shape index (κ3) is 9.11. The van der Waals surface area contributed by atoms with Crippen LogP contribution in [0.5, 0.6) is 0 Å². The summed E-state index contributed by atoms with van der Waals surface area (Å²) in [4.78, 5) is 47.2. The minimum absolute atomic E-state index is 0.0261. The zero-order valence-corrected chi connectivity index (χ0v) is 35.4. The smallest absolute Gasteiger partial charge is 0.359 e. The van der Waals surface area contributed by atoms with Gasteiger partial charge in [-0.05, 0) is 81.2 Å². The highest BCUT2D eigenvalue weighted by Crippen LogP contribution is 2.40. The first kappa shape index (κ1) is 43.7. The Morgan fingerprint density at radius 1 is 1.00 bits per heavy atom. The van der Waals surface area contributed by atoms with Crippen LogP contribution in [0.15, 0.2) is 66.5 Å². The number of allylic oxidation sites excluding steroid dienone is 2. The molecule has 4 aliphatic heterocycles. The second-order valence-corrected chi connectivity index (χ2v) is 16.5. The molecule has 2 aromatic carbocycles. The van der Waals surface area contributed by atoms with Crippen molar-refractivity contribution in [3.63, 3.8) is 0 Å².